The Morgan fingerprint density at radius 1 is 1.40 bits per heavy atom. The zero-order chi connectivity index (χ0) is 14.5. The van der Waals surface area contributed by atoms with E-state index in [1.807, 2.05) is 13.0 Å². The smallest absolute Gasteiger partial charge is 0.258 e. The third-order valence-electron chi connectivity index (χ3n) is 2.51. The summed E-state index contributed by atoms with van der Waals surface area (Å²) in [5.41, 5.74) is 0. The van der Waals surface area contributed by atoms with Gasteiger partial charge in [0.25, 0.3) is 5.91 Å². The lowest BCUT2D eigenvalue weighted by Gasteiger charge is -2.08. The standard InChI is InChI=1S/C14H13ClFNO3/c1-9-2-4-11(20-9)7-17-14(18)8-19-13-5-3-10(16)6-12(13)15/h2-6H,7-8H2,1H3,(H,17,18). The monoisotopic (exact) mass is 297 g/mol. The minimum Gasteiger partial charge on any atom is -0.482 e. The maximum absolute atomic E-state index is 12.8. The minimum absolute atomic E-state index is 0.124. The molecule has 106 valence electrons. The average Bonchev–Trinajstić information content (AvgIpc) is 2.81. The number of aryl methyl sites for hydroxylation is 1. The summed E-state index contributed by atoms with van der Waals surface area (Å²) in [5, 5.41) is 2.76. The van der Waals surface area contributed by atoms with Crippen LogP contribution in [0.25, 0.3) is 0 Å². The van der Waals surface area contributed by atoms with Crippen LogP contribution in [-0.2, 0) is 11.3 Å². The first kappa shape index (κ1) is 14.4. The van der Waals surface area contributed by atoms with Gasteiger partial charge in [-0.1, -0.05) is 11.6 Å². The van der Waals surface area contributed by atoms with E-state index in [0.29, 0.717) is 5.76 Å². The quantitative estimate of drug-likeness (QED) is 0.923. The fourth-order valence-electron chi connectivity index (χ4n) is 1.55. The first-order chi connectivity index (χ1) is 9.54. The Kier molecular flexibility index (Phi) is 4.63. The molecule has 0 spiro atoms. The van der Waals surface area contributed by atoms with Gasteiger partial charge in [0.1, 0.15) is 23.1 Å². The highest BCUT2D eigenvalue weighted by molar-refractivity contribution is 6.32. The Balaban J connectivity index is 1.80. The van der Waals surface area contributed by atoms with Gasteiger partial charge in [-0.25, -0.2) is 4.39 Å². The van der Waals surface area contributed by atoms with Crippen molar-refractivity contribution in [2.24, 2.45) is 0 Å². The molecule has 0 atom stereocenters. The van der Waals surface area contributed by atoms with E-state index in [4.69, 9.17) is 20.8 Å². The summed E-state index contributed by atoms with van der Waals surface area (Å²) in [6.45, 7) is 1.91. The second-order valence-electron chi connectivity index (χ2n) is 4.15. The molecule has 1 aromatic heterocycles. The maximum atomic E-state index is 12.8. The molecule has 6 heteroatoms. The Morgan fingerprint density at radius 3 is 2.85 bits per heavy atom. The van der Waals surface area contributed by atoms with Crippen LogP contribution >= 0.6 is 11.6 Å². The van der Waals surface area contributed by atoms with E-state index in [1.54, 1.807) is 6.07 Å². The molecule has 0 aliphatic heterocycles. The van der Waals surface area contributed by atoms with E-state index in [9.17, 15) is 9.18 Å². The number of ether oxygens (including phenoxy) is 1. The molecule has 20 heavy (non-hydrogen) atoms. The molecule has 0 unspecified atom stereocenters. The number of nitrogens with one attached hydrogen (secondary N) is 1. The lowest BCUT2D eigenvalue weighted by Crippen LogP contribution is -2.28. The average molecular weight is 298 g/mol. The van der Waals surface area contributed by atoms with Crippen molar-refractivity contribution in [2.45, 2.75) is 13.5 Å². The minimum atomic E-state index is -0.458. The molecular weight excluding hydrogens is 285 g/mol. The molecule has 1 heterocycles. The molecule has 1 amide bonds. The van der Waals surface area contributed by atoms with Gasteiger partial charge in [-0.3, -0.25) is 4.79 Å². The van der Waals surface area contributed by atoms with Crippen LogP contribution in [0.15, 0.2) is 34.7 Å². The van der Waals surface area contributed by atoms with Crippen LogP contribution in [-0.4, -0.2) is 12.5 Å². The number of carbonyl (C=O) groups is 1. The van der Waals surface area contributed by atoms with Crippen LogP contribution in [0.4, 0.5) is 4.39 Å². The summed E-state index contributed by atoms with van der Waals surface area (Å²) in [4.78, 5) is 11.6. The van der Waals surface area contributed by atoms with E-state index in [0.717, 1.165) is 11.8 Å². The second-order valence-corrected chi connectivity index (χ2v) is 4.56. The summed E-state index contributed by atoms with van der Waals surface area (Å²) in [6, 6.07) is 7.32. The second kappa shape index (κ2) is 6.43. The van der Waals surface area contributed by atoms with Gasteiger partial charge in [0.2, 0.25) is 0 Å². The van der Waals surface area contributed by atoms with Crippen molar-refractivity contribution < 1.29 is 18.3 Å². The summed E-state index contributed by atoms with van der Waals surface area (Å²) >= 11 is 5.78. The molecule has 4 nitrogen and oxygen atoms in total. The topological polar surface area (TPSA) is 51.5 Å². The number of hydrogen-bond donors (Lipinski definition) is 1. The highest BCUT2D eigenvalue weighted by Crippen LogP contribution is 2.24. The van der Waals surface area contributed by atoms with Crippen molar-refractivity contribution in [3.05, 3.63) is 52.7 Å². The molecule has 0 saturated carbocycles. The van der Waals surface area contributed by atoms with Crippen LogP contribution in [0, 0.1) is 12.7 Å². The Hall–Kier alpha value is -2.01. The maximum Gasteiger partial charge on any atom is 0.258 e. The van der Waals surface area contributed by atoms with Crippen molar-refractivity contribution in [3.63, 3.8) is 0 Å². The predicted molar refractivity (Wildman–Crippen MR) is 72.2 cm³/mol. The van der Waals surface area contributed by atoms with E-state index < -0.39 is 5.82 Å². The number of furan rings is 1. The first-order valence-electron chi connectivity index (χ1n) is 5.94. The fourth-order valence-corrected chi connectivity index (χ4v) is 1.77. The number of carbonyl (C=O) groups excluding carboxylic acids is 1. The van der Waals surface area contributed by atoms with Gasteiger partial charge in [0.05, 0.1) is 11.6 Å². The number of amides is 1. The van der Waals surface area contributed by atoms with Gasteiger partial charge in [0, 0.05) is 0 Å². The Morgan fingerprint density at radius 2 is 2.20 bits per heavy atom. The van der Waals surface area contributed by atoms with Gasteiger partial charge in [0.15, 0.2) is 6.61 Å². The largest absolute Gasteiger partial charge is 0.482 e. The van der Waals surface area contributed by atoms with Crippen molar-refractivity contribution >= 4 is 17.5 Å². The summed E-state index contributed by atoms with van der Waals surface area (Å²) < 4.78 is 23.3. The molecule has 0 bridgehead atoms. The zero-order valence-electron chi connectivity index (χ0n) is 10.8. The van der Waals surface area contributed by atoms with Crippen molar-refractivity contribution in [1.82, 2.24) is 5.32 Å². The Labute approximate surface area is 120 Å². The van der Waals surface area contributed by atoms with Gasteiger partial charge >= 0.3 is 0 Å². The fraction of sp³-hybridized carbons (Fsp3) is 0.214. The van der Waals surface area contributed by atoms with Crippen LogP contribution in [0.3, 0.4) is 0 Å². The lowest BCUT2D eigenvalue weighted by molar-refractivity contribution is -0.123. The van der Waals surface area contributed by atoms with Crippen LogP contribution in [0.2, 0.25) is 5.02 Å². The van der Waals surface area contributed by atoms with Crippen molar-refractivity contribution in [3.8, 4) is 5.75 Å². The van der Waals surface area contributed by atoms with Crippen LogP contribution in [0.5, 0.6) is 5.75 Å². The third kappa shape index (κ3) is 3.99. The van der Waals surface area contributed by atoms with E-state index in [-0.39, 0.29) is 29.8 Å². The Bertz CT molecular complexity index is 612. The highest BCUT2D eigenvalue weighted by atomic mass is 35.5. The SMILES string of the molecule is Cc1ccc(CNC(=O)COc2ccc(F)cc2Cl)o1. The molecule has 0 saturated heterocycles. The van der Waals surface area contributed by atoms with Crippen molar-refractivity contribution in [2.75, 3.05) is 6.61 Å². The molecule has 0 aliphatic carbocycles. The summed E-state index contributed by atoms with van der Waals surface area (Å²) in [7, 11) is 0. The number of benzene rings is 1. The van der Waals surface area contributed by atoms with E-state index >= 15 is 0 Å². The summed E-state index contributed by atoms with van der Waals surface area (Å²) in [6.07, 6.45) is 0. The molecule has 2 rings (SSSR count). The van der Waals surface area contributed by atoms with Crippen LogP contribution < -0.4 is 10.1 Å². The first-order valence-corrected chi connectivity index (χ1v) is 6.32. The summed E-state index contributed by atoms with van der Waals surface area (Å²) in [5.74, 6) is 0.927. The highest BCUT2D eigenvalue weighted by Gasteiger charge is 2.07. The van der Waals surface area contributed by atoms with Gasteiger partial charge in [-0.15, -0.1) is 0 Å². The predicted octanol–water partition coefficient (Wildman–Crippen LogP) is 3.08. The molecule has 0 aliphatic rings. The molecule has 1 aromatic carbocycles. The van der Waals surface area contributed by atoms with Crippen LogP contribution in [0.1, 0.15) is 11.5 Å². The van der Waals surface area contributed by atoms with Gasteiger partial charge in [-0.2, -0.15) is 0 Å². The number of rotatable bonds is 5. The van der Waals surface area contributed by atoms with Gasteiger partial charge < -0.3 is 14.5 Å². The molecule has 0 radical (unpaired) electrons. The molecular formula is C14H13ClFNO3. The molecule has 1 N–H and O–H groups in total. The number of halogens is 2. The third-order valence-corrected chi connectivity index (χ3v) is 2.80. The normalized spacial score (nSPS) is 10.3. The molecule has 2 aromatic rings. The molecule has 0 fully saturated rings. The van der Waals surface area contributed by atoms with Crippen molar-refractivity contribution in [1.29, 1.82) is 0 Å². The number of hydrogen-bond acceptors (Lipinski definition) is 3. The lowest BCUT2D eigenvalue weighted by atomic mass is 10.3. The van der Waals surface area contributed by atoms with Gasteiger partial charge in [-0.05, 0) is 37.3 Å². The van der Waals surface area contributed by atoms with E-state index in [2.05, 4.69) is 5.32 Å². The zero-order valence-corrected chi connectivity index (χ0v) is 11.5. The van der Waals surface area contributed by atoms with E-state index in [1.165, 1.54) is 12.1 Å².